The summed E-state index contributed by atoms with van der Waals surface area (Å²) >= 11 is 9.63. The first-order valence-corrected chi connectivity index (χ1v) is 10.3. The number of benzene rings is 4. The van der Waals surface area contributed by atoms with Gasteiger partial charge in [0.15, 0.2) is 0 Å². The van der Waals surface area contributed by atoms with Crippen molar-refractivity contribution in [3.05, 3.63) is 131 Å². The Labute approximate surface area is 178 Å². The van der Waals surface area contributed by atoms with Crippen LogP contribution in [0.25, 0.3) is 0 Å². The molecule has 2 atom stereocenters. The quantitative estimate of drug-likeness (QED) is 0.326. The van der Waals surface area contributed by atoms with Gasteiger partial charge < -0.3 is 0 Å². The summed E-state index contributed by atoms with van der Waals surface area (Å²) in [6.45, 7) is 0. The topological polar surface area (TPSA) is 0 Å². The van der Waals surface area contributed by atoms with E-state index < -0.39 is 0 Å². The molecule has 0 aliphatic heterocycles. The molecule has 28 heavy (non-hydrogen) atoms. The average molecular weight is 399 g/mol. The highest BCUT2D eigenvalue weighted by atomic mass is 32.1. The van der Waals surface area contributed by atoms with Crippen molar-refractivity contribution in [2.24, 2.45) is 0 Å². The normalized spacial score (nSPS) is 13.1. The standard InChI is InChI=1S/C26H22S2/c27-23-17-9-7-15-21(23)25(19-11-3-1-4-12-19)26(20-13-5-2-6-14-20)22-16-8-10-18-24(22)28/h1-18,25-28H. The van der Waals surface area contributed by atoms with Gasteiger partial charge in [0.1, 0.15) is 0 Å². The predicted octanol–water partition coefficient (Wildman–Crippen LogP) is 7.23. The van der Waals surface area contributed by atoms with Crippen LogP contribution in [-0.2, 0) is 0 Å². The summed E-state index contributed by atoms with van der Waals surface area (Å²) in [5, 5.41) is 0. The summed E-state index contributed by atoms with van der Waals surface area (Å²) in [7, 11) is 0. The van der Waals surface area contributed by atoms with Gasteiger partial charge in [0.05, 0.1) is 0 Å². The lowest BCUT2D eigenvalue weighted by Crippen LogP contribution is -2.16. The van der Waals surface area contributed by atoms with Gasteiger partial charge in [-0.3, -0.25) is 0 Å². The van der Waals surface area contributed by atoms with E-state index in [0.29, 0.717) is 0 Å². The third kappa shape index (κ3) is 3.89. The highest BCUT2D eigenvalue weighted by molar-refractivity contribution is 7.80. The molecule has 0 radical (unpaired) electrons. The molecule has 4 rings (SSSR count). The van der Waals surface area contributed by atoms with Gasteiger partial charge in [-0.2, -0.15) is 0 Å². The van der Waals surface area contributed by atoms with Crippen molar-refractivity contribution >= 4 is 25.3 Å². The first-order chi connectivity index (χ1) is 13.8. The first-order valence-electron chi connectivity index (χ1n) is 9.41. The summed E-state index contributed by atoms with van der Waals surface area (Å²) in [5.41, 5.74) is 4.99. The van der Waals surface area contributed by atoms with Crippen molar-refractivity contribution < 1.29 is 0 Å². The van der Waals surface area contributed by atoms with Crippen LogP contribution in [0.4, 0.5) is 0 Å². The van der Waals surface area contributed by atoms with Gasteiger partial charge in [0, 0.05) is 21.6 Å². The second kappa shape index (κ2) is 8.72. The molecule has 0 fully saturated rings. The van der Waals surface area contributed by atoms with Gasteiger partial charge in [0.25, 0.3) is 0 Å². The van der Waals surface area contributed by atoms with Crippen molar-refractivity contribution in [3.8, 4) is 0 Å². The van der Waals surface area contributed by atoms with Crippen LogP contribution in [0, 0.1) is 0 Å². The number of hydrogen-bond acceptors (Lipinski definition) is 2. The minimum absolute atomic E-state index is 0.130. The van der Waals surface area contributed by atoms with Crippen LogP contribution in [0.5, 0.6) is 0 Å². The van der Waals surface area contributed by atoms with E-state index in [1.54, 1.807) is 0 Å². The second-order valence-corrected chi connectivity index (χ2v) is 7.86. The van der Waals surface area contributed by atoms with Crippen LogP contribution in [0.1, 0.15) is 34.1 Å². The molecule has 0 aliphatic carbocycles. The third-order valence-electron chi connectivity index (χ3n) is 5.19. The number of thiol groups is 2. The van der Waals surface area contributed by atoms with E-state index in [1.807, 2.05) is 12.1 Å². The zero-order valence-electron chi connectivity index (χ0n) is 15.4. The molecule has 4 aromatic carbocycles. The second-order valence-electron chi connectivity index (χ2n) is 6.89. The molecule has 0 aliphatic rings. The van der Waals surface area contributed by atoms with Crippen LogP contribution >= 0.6 is 25.3 Å². The maximum Gasteiger partial charge on any atom is 0.0210 e. The maximum absolute atomic E-state index is 4.81. The summed E-state index contributed by atoms with van der Waals surface area (Å²) in [6, 6.07) is 38.2. The van der Waals surface area contributed by atoms with Crippen LogP contribution in [0.15, 0.2) is 119 Å². The van der Waals surface area contributed by atoms with E-state index in [-0.39, 0.29) is 11.8 Å². The summed E-state index contributed by atoms with van der Waals surface area (Å²) < 4.78 is 0. The molecule has 4 aromatic rings. The number of rotatable bonds is 5. The van der Waals surface area contributed by atoms with Crippen molar-refractivity contribution in [2.75, 3.05) is 0 Å². The van der Waals surface area contributed by atoms with Crippen molar-refractivity contribution in [2.45, 2.75) is 21.6 Å². The third-order valence-corrected chi connectivity index (χ3v) is 6.01. The van der Waals surface area contributed by atoms with Crippen LogP contribution in [-0.4, -0.2) is 0 Å². The van der Waals surface area contributed by atoms with Crippen molar-refractivity contribution in [1.82, 2.24) is 0 Å². The predicted molar refractivity (Wildman–Crippen MR) is 124 cm³/mol. The molecular formula is C26H22S2. The fourth-order valence-electron chi connectivity index (χ4n) is 3.92. The van der Waals surface area contributed by atoms with Gasteiger partial charge >= 0.3 is 0 Å². The van der Waals surface area contributed by atoms with E-state index in [4.69, 9.17) is 25.3 Å². The Kier molecular flexibility index (Phi) is 5.90. The summed E-state index contributed by atoms with van der Waals surface area (Å²) in [5.74, 6) is 0.260. The number of hydrogen-bond donors (Lipinski definition) is 2. The highest BCUT2D eigenvalue weighted by Gasteiger charge is 2.30. The van der Waals surface area contributed by atoms with Crippen molar-refractivity contribution in [3.63, 3.8) is 0 Å². The molecule has 0 saturated carbocycles. The SMILES string of the molecule is Sc1ccccc1C(c1ccccc1)C(c1ccccc1)c1ccccc1S. The molecule has 0 N–H and O–H groups in total. The largest absolute Gasteiger partial charge is 0.143 e. The van der Waals surface area contributed by atoms with Crippen LogP contribution in [0.2, 0.25) is 0 Å². The Hall–Kier alpha value is -2.42. The molecule has 2 heteroatoms. The molecule has 0 amide bonds. The van der Waals surface area contributed by atoms with Gasteiger partial charge in [-0.25, -0.2) is 0 Å². The van der Waals surface area contributed by atoms with E-state index in [1.165, 1.54) is 22.3 Å². The Morgan fingerprint density at radius 2 is 0.714 bits per heavy atom. The fourth-order valence-corrected chi connectivity index (χ4v) is 4.52. The molecular weight excluding hydrogens is 376 g/mol. The molecule has 0 spiro atoms. The summed E-state index contributed by atoms with van der Waals surface area (Å²) in [4.78, 5) is 2.02. The van der Waals surface area contributed by atoms with Gasteiger partial charge in [-0.1, -0.05) is 97.1 Å². The molecule has 0 aromatic heterocycles. The Morgan fingerprint density at radius 1 is 0.393 bits per heavy atom. The zero-order valence-corrected chi connectivity index (χ0v) is 17.2. The molecule has 0 nitrogen and oxygen atoms in total. The van der Waals surface area contributed by atoms with E-state index in [9.17, 15) is 0 Å². The average Bonchev–Trinajstić information content (AvgIpc) is 2.75. The van der Waals surface area contributed by atoms with E-state index in [0.717, 1.165) is 9.79 Å². The molecule has 0 saturated heterocycles. The minimum Gasteiger partial charge on any atom is -0.143 e. The first kappa shape index (κ1) is 18.9. The summed E-state index contributed by atoms with van der Waals surface area (Å²) in [6.07, 6.45) is 0. The molecule has 138 valence electrons. The smallest absolute Gasteiger partial charge is 0.0210 e. The Balaban J connectivity index is 1.99. The lowest BCUT2D eigenvalue weighted by molar-refractivity contribution is 0.673. The maximum atomic E-state index is 4.81. The molecule has 0 bridgehead atoms. The van der Waals surface area contributed by atoms with Crippen LogP contribution in [0.3, 0.4) is 0 Å². The lowest BCUT2D eigenvalue weighted by atomic mass is 9.73. The molecule has 2 unspecified atom stereocenters. The van der Waals surface area contributed by atoms with Gasteiger partial charge in [0.2, 0.25) is 0 Å². The molecule has 0 heterocycles. The van der Waals surface area contributed by atoms with Gasteiger partial charge in [-0.15, -0.1) is 25.3 Å². The van der Waals surface area contributed by atoms with Gasteiger partial charge in [-0.05, 0) is 34.4 Å². The van der Waals surface area contributed by atoms with E-state index >= 15 is 0 Å². The van der Waals surface area contributed by atoms with Crippen LogP contribution < -0.4 is 0 Å². The zero-order chi connectivity index (χ0) is 19.3. The minimum atomic E-state index is 0.130. The Bertz CT molecular complexity index is 955. The highest BCUT2D eigenvalue weighted by Crippen LogP contribution is 2.45. The van der Waals surface area contributed by atoms with E-state index in [2.05, 4.69) is 97.1 Å². The Morgan fingerprint density at radius 3 is 1.07 bits per heavy atom. The monoisotopic (exact) mass is 398 g/mol. The lowest BCUT2D eigenvalue weighted by Gasteiger charge is -2.31. The van der Waals surface area contributed by atoms with Crippen molar-refractivity contribution in [1.29, 1.82) is 0 Å². The fraction of sp³-hybridized carbons (Fsp3) is 0.0769.